The third-order valence-electron chi connectivity index (χ3n) is 5.10. The number of amides is 1. The van der Waals surface area contributed by atoms with Crippen LogP contribution < -0.4 is 24.3 Å². The van der Waals surface area contributed by atoms with Crippen molar-refractivity contribution in [2.45, 2.75) is 13.2 Å². The number of nitrogens with one attached hydrogen (secondary N) is 1. The molecule has 0 saturated carbocycles. The van der Waals surface area contributed by atoms with Crippen LogP contribution in [0.5, 0.6) is 23.0 Å². The van der Waals surface area contributed by atoms with Crippen LogP contribution >= 0.6 is 11.6 Å². The molecule has 0 bridgehead atoms. The Hall–Kier alpha value is -4.15. The monoisotopic (exact) mass is 492 g/mol. The zero-order chi connectivity index (χ0) is 25.2. The number of nitriles is 1. The number of benzene rings is 3. The van der Waals surface area contributed by atoms with Crippen molar-refractivity contribution >= 4 is 23.6 Å². The fraction of sp³-hybridized carbons (Fsp3) is 0.185. The van der Waals surface area contributed by atoms with Gasteiger partial charge < -0.3 is 24.3 Å². The fourth-order valence-corrected chi connectivity index (χ4v) is 3.34. The molecule has 3 rings (SSSR count). The minimum absolute atomic E-state index is 0.0469. The number of carbonyl (C=O) groups is 1. The summed E-state index contributed by atoms with van der Waals surface area (Å²) in [5.74, 6) is 1.73. The first-order valence-corrected chi connectivity index (χ1v) is 11.0. The van der Waals surface area contributed by atoms with Crippen molar-refractivity contribution in [2.24, 2.45) is 0 Å². The summed E-state index contributed by atoms with van der Waals surface area (Å²) in [6, 6.07) is 19.8. The van der Waals surface area contributed by atoms with Crippen molar-refractivity contribution in [2.75, 3.05) is 21.3 Å². The van der Waals surface area contributed by atoms with Gasteiger partial charge >= 0.3 is 0 Å². The highest BCUT2D eigenvalue weighted by Crippen LogP contribution is 2.30. The summed E-state index contributed by atoms with van der Waals surface area (Å²) in [5, 5.41) is 13.0. The molecule has 1 N–H and O–H groups in total. The second kappa shape index (κ2) is 12.4. The molecule has 0 aromatic heterocycles. The molecule has 0 atom stereocenters. The number of nitrogens with zero attached hydrogens (tertiary/aromatic N) is 1. The van der Waals surface area contributed by atoms with Gasteiger partial charge in [-0.25, -0.2) is 0 Å². The average Bonchev–Trinajstić information content (AvgIpc) is 2.90. The number of methoxy groups -OCH3 is 3. The molecule has 0 fully saturated rings. The molecule has 8 heteroatoms. The van der Waals surface area contributed by atoms with Crippen LogP contribution in [0.25, 0.3) is 6.08 Å². The Labute approximate surface area is 209 Å². The van der Waals surface area contributed by atoms with E-state index in [2.05, 4.69) is 5.32 Å². The number of hydrogen-bond donors (Lipinski definition) is 1. The maximum Gasteiger partial charge on any atom is 0.262 e. The molecule has 0 aliphatic rings. The van der Waals surface area contributed by atoms with Crippen molar-refractivity contribution in [3.8, 4) is 29.1 Å². The molecule has 3 aromatic rings. The summed E-state index contributed by atoms with van der Waals surface area (Å²) in [6.07, 6.45) is 1.49. The molecule has 0 spiro atoms. The van der Waals surface area contributed by atoms with Gasteiger partial charge in [-0.15, -0.1) is 0 Å². The Bertz CT molecular complexity index is 1250. The Morgan fingerprint density at radius 2 is 1.69 bits per heavy atom. The number of ether oxygens (including phenoxy) is 4. The highest BCUT2D eigenvalue weighted by molar-refractivity contribution is 6.30. The predicted octanol–water partition coefficient (Wildman–Crippen LogP) is 5.17. The largest absolute Gasteiger partial charge is 0.497 e. The molecule has 180 valence electrons. The van der Waals surface area contributed by atoms with Gasteiger partial charge in [-0.2, -0.15) is 5.26 Å². The molecule has 0 heterocycles. The number of carbonyl (C=O) groups excluding carboxylic acids is 1. The summed E-state index contributed by atoms with van der Waals surface area (Å²) in [6.45, 7) is 0.523. The molecule has 0 aliphatic heterocycles. The van der Waals surface area contributed by atoms with Gasteiger partial charge in [0, 0.05) is 23.2 Å². The van der Waals surface area contributed by atoms with E-state index in [1.807, 2.05) is 18.2 Å². The van der Waals surface area contributed by atoms with Crippen molar-refractivity contribution in [3.63, 3.8) is 0 Å². The zero-order valence-electron chi connectivity index (χ0n) is 19.6. The molecule has 35 heavy (non-hydrogen) atoms. The van der Waals surface area contributed by atoms with E-state index in [1.165, 1.54) is 20.3 Å². The predicted molar refractivity (Wildman–Crippen MR) is 134 cm³/mol. The third kappa shape index (κ3) is 6.92. The van der Waals surface area contributed by atoms with E-state index in [9.17, 15) is 10.1 Å². The van der Waals surface area contributed by atoms with E-state index in [0.29, 0.717) is 40.2 Å². The van der Waals surface area contributed by atoms with Crippen molar-refractivity contribution < 1.29 is 23.7 Å². The lowest BCUT2D eigenvalue weighted by molar-refractivity contribution is -0.117. The van der Waals surface area contributed by atoms with Gasteiger partial charge in [-0.1, -0.05) is 29.8 Å². The SMILES string of the molecule is COc1ccc(CNC(=O)/C(C#N)=C/c2ccc(OCc3ccc(Cl)cc3)c(OC)c2)c(OC)c1. The van der Waals surface area contributed by atoms with Gasteiger partial charge in [0.2, 0.25) is 0 Å². The van der Waals surface area contributed by atoms with E-state index >= 15 is 0 Å². The first-order chi connectivity index (χ1) is 17.0. The summed E-state index contributed by atoms with van der Waals surface area (Å²) in [4.78, 5) is 12.6. The lowest BCUT2D eigenvalue weighted by Crippen LogP contribution is -2.24. The van der Waals surface area contributed by atoms with Crippen LogP contribution in [0.1, 0.15) is 16.7 Å². The molecule has 0 unspecified atom stereocenters. The van der Waals surface area contributed by atoms with Crippen molar-refractivity contribution in [1.82, 2.24) is 5.32 Å². The topological polar surface area (TPSA) is 89.8 Å². The van der Waals surface area contributed by atoms with Crippen LogP contribution in [0.3, 0.4) is 0 Å². The maximum atomic E-state index is 12.6. The van der Waals surface area contributed by atoms with Crippen molar-refractivity contribution in [1.29, 1.82) is 5.26 Å². The number of hydrogen-bond acceptors (Lipinski definition) is 6. The number of halogens is 1. The number of rotatable bonds is 10. The van der Waals surface area contributed by atoms with E-state index in [-0.39, 0.29) is 12.1 Å². The molecular formula is C27H25ClN2O5. The van der Waals surface area contributed by atoms with E-state index < -0.39 is 5.91 Å². The van der Waals surface area contributed by atoms with Gasteiger partial charge in [0.15, 0.2) is 11.5 Å². The molecule has 0 aliphatic carbocycles. The van der Waals surface area contributed by atoms with Crippen LogP contribution in [0.2, 0.25) is 5.02 Å². The maximum absolute atomic E-state index is 12.6. The summed E-state index contributed by atoms with van der Waals surface area (Å²) in [7, 11) is 4.63. The second-order valence-corrected chi connectivity index (χ2v) is 7.79. The van der Waals surface area contributed by atoms with Gasteiger partial charge in [0.1, 0.15) is 29.7 Å². The Morgan fingerprint density at radius 3 is 2.34 bits per heavy atom. The average molecular weight is 493 g/mol. The molecule has 3 aromatic carbocycles. The summed E-state index contributed by atoms with van der Waals surface area (Å²) in [5.41, 5.74) is 2.28. The highest BCUT2D eigenvalue weighted by atomic mass is 35.5. The molecule has 1 amide bonds. The van der Waals surface area contributed by atoms with Gasteiger partial charge in [0.05, 0.1) is 21.3 Å². The fourth-order valence-electron chi connectivity index (χ4n) is 3.22. The molecular weight excluding hydrogens is 468 g/mol. The quantitative estimate of drug-likeness (QED) is 0.310. The molecule has 0 saturated heterocycles. The summed E-state index contributed by atoms with van der Waals surface area (Å²) < 4.78 is 21.8. The van der Waals surface area contributed by atoms with Gasteiger partial charge in [0.25, 0.3) is 5.91 Å². The van der Waals surface area contributed by atoms with Crippen molar-refractivity contribution in [3.05, 3.63) is 87.9 Å². The second-order valence-electron chi connectivity index (χ2n) is 7.36. The summed E-state index contributed by atoms with van der Waals surface area (Å²) >= 11 is 5.92. The Balaban J connectivity index is 1.70. The van der Waals surface area contributed by atoms with Crippen LogP contribution in [0, 0.1) is 11.3 Å². The smallest absolute Gasteiger partial charge is 0.262 e. The molecule has 0 radical (unpaired) electrons. The van der Waals surface area contributed by atoms with E-state index in [1.54, 1.807) is 55.6 Å². The van der Waals surface area contributed by atoms with E-state index in [4.69, 9.17) is 30.5 Å². The van der Waals surface area contributed by atoms with Crippen LogP contribution in [-0.4, -0.2) is 27.2 Å². The third-order valence-corrected chi connectivity index (χ3v) is 5.36. The van der Waals surface area contributed by atoms with E-state index in [0.717, 1.165) is 11.1 Å². The normalized spacial score (nSPS) is 10.8. The zero-order valence-corrected chi connectivity index (χ0v) is 20.4. The van der Waals surface area contributed by atoms with Crippen LogP contribution in [0.4, 0.5) is 0 Å². The van der Waals surface area contributed by atoms with Crippen LogP contribution in [0.15, 0.2) is 66.2 Å². The Morgan fingerprint density at radius 1 is 0.943 bits per heavy atom. The first-order valence-electron chi connectivity index (χ1n) is 10.6. The lowest BCUT2D eigenvalue weighted by Gasteiger charge is -2.12. The minimum Gasteiger partial charge on any atom is -0.497 e. The standard InChI is InChI=1S/C27H25ClN2O5/c1-32-23-10-7-20(25(14-23)33-2)16-30-27(31)21(15-29)12-19-6-11-24(26(13-19)34-3)35-17-18-4-8-22(28)9-5-18/h4-14H,16-17H2,1-3H3,(H,30,31)/b21-12+. The van der Waals surface area contributed by atoms with Gasteiger partial charge in [-0.3, -0.25) is 4.79 Å². The highest BCUT2D eigenvalue weighted by Gasteiger charge is 2.13. The van der Waals surface area contributed by atoms with Gasteiger partial charge in [-0.05, 0) is 53.6 Å². The first kappa shape index (κ1) is 25.5. The van der Waals surface area contributed by atoms with Crippen LogP contribution in [-0.2, 0) is 17.9 Å². The minimum atomic E-state index is -0.507. The Kier molecular flexibility index (Phi) is 8.99. The lowest BCUT2D eigenvalue weighted by atomic mass is 10.1. The molecule has 7 nitrogen and oxygen atoms in total.